The molecule has 6 atom stereocenters. The van der Waals surface area contributed by atoms with Gasteiger partial charge in [-0.2, -0.15) is 0 Å². The molecule has 12 aromatic rings. The number of rotatable bonds is 42. The van der Waals surface area contributed by atoms with E-state index in [0.717, 1.165) is 101 Å². The van der Waals surface area contributed by atoms with Crippen molar-refractivity contribution >= 4 is 23.0 Å². The molecule has 7 aliphatic heterocycles. The molecule has 7 aliphatic rings. The molecule has 24 heteroatoms. The normalized spacial score (nSPS) is 24.6. The summed E-state index contributed by atoms with van der Waals surface area (Å²) in [4.78, 5) is 0. The molecule has 0 radical (unpaired) electrons. The highest BCUT2D eigenvalue weighted by Crippen LogP contribution is 2.79. The molecule has 0 N–H and O–H groups in total. The lowest BCUT2D eigenvalue weighted by atomic mass is 9.78. The van der Waals surface area contributed by atoms with E-state index in [2.05, 4.69) is 270 Å². The number of epoxide rings is 6. The molecular formula is C114H126N3O18P3. The van der Waals surface area contributed by atoms with Crippen LogP contribution in [0.2, 0.25) is 0 Å². The van der Waals surface area contributed by atoms with Gasteiger partial charge in [-0.1, -0.05) is 242 Å². The summed E-state index contributed by atoms with van der Waals surface area (Å²) in [6, 6.07) is 97.5. The second-order valence-corrected chi connectivity index (χ2v) is 48.7. The van der Waals surface area contributed by atoms with Crippen LogP contribution in [-0.4, -0.2) is 113 Å². The van der Waals surface area contributed by atoms with Gasteiger partial charge in [0.1, 0.15) is 142 Å². The van der Waals surface area contributed by atoms with Gasteiger partial charge in [0.15, 0.2) is 0 Å². The van der Waals surface area contributed by atoms with E-state index in [0.29, 0.717) is 114 Å². The summed E-state index contributed by atoms with van der Waals surface area (Å²) in [5, 5.41) is 0. The fourth-order valence-electron chi connectivity index (χ4n) is 16.6. The Labute approximate surface area is 812 Å². The number of hydrogen-bond donors (Lipinski definition) is 0. The maximum Gasteiger partial charge on any atom is 0.460 e. The number of ether oxygens (including phenoxy) is 12. The van der Waals surface area contributed by atoms with Crippen LogP contribution < -0.4 is 55.6 Å². The van der Waals surface area contributed by atoms with E-state index in [1.54, 1.807) is 0 Å². The molecule has 6 fully saturated rings. The smallest absolute Gasteiger partial charge is 0.460 e. The minimum atomic E-state index is -4.62. The number of benzene rings is 12. The van der Waals surface area contributed by atoms with Crippen LogP contribution in [0.4, 0.5) is 0 Å². The van der Waals surface area contributed by atoms with Gasteiger partial charge in [-0.05, 0) is 254 Å². The van der Waals surface area contributed by atoms with E-state index in [4.69, 9.17) is 97.5 Å². The van der Waals surface area contributed by atoms with Gasteiger partial charge in [0.25, 0.3) is 0 Å². The van der Waals surface area contributed by atoms with Crippen molar-refractivity contribution in [3.63, 3.8) is 0 Å². The highest BCUT2D eigenvalue weighted by molar-refractivity contribution is 7.79. The summed E-state index contributed by atoms with van der Waals surface area (Å²) in [5.41, 5.74) is 7.50. The third-order valence-corrected chi connectivity index (χ3v) is 36.1. The first kappa shape index (κ1) is 95.6. The van der Waals surface area contributed by atoms with Crippen LogP contribution >= 0.6 is 23.0 Å². The maximum atomic E-state index is 7.83. The van der Waals surface area contributed by atoms with Crippen LogP contribution in [0, 0.1) is 0 Å². The summed E-state index contributed by atoms with van der Waals surface area (Å²) in [6.45, 7) is 45.5. The summed E-state index contributed by atoms with van der Waals surface area (Å²) < 4.78 is 136. The predicted octanol–water partition coefficient (Wildman–Crippen LogP) is 27.3. The molecule has 0 amide bonds. The van der Waals surface area contributed by atoms with Crippen molar-refractivity contribution in [3.8, 4) is 69.0 Å². The van der Waals surface area contributed by atoms with Crippen molar-refractivity contribution in [2.75, 3.05) is 79.3 Å². The molecular weight excluding hydrogens is 1790 g/mol. The zero-order valence-electron chi connectivity index (χ0n) is 82.2. The van der Waals surface area contributed by atoms with E-state index < -0.39 is 55.5 Å². The molecule has 0 aliphatic carbocycles. The Bertz CT molecular complexity index is 5500. The van der Waals surface area contributed by atoms with Crippen molar-refractivity contribution < 1.29 is 84.0 Å². The summed E-state index contributed by atoms with van der Waals surface area (Å²) in [6.07, 6.45) is 0. The van der Waals surface area contributed by atoms with Crippen LogP contribution in [0.15, 0.2) is 305 Å². The molecule has 720 valence electrons. The maximum absolute atomic E-state index is 7.83. The molecule has 6 saturated heterocycles. The first-order valence-electron chi connectivity index (χ1n) is 47.5. The molecule has 0 saturated carbocycles. The third kappa shape index (κ3) is 22.0. The van der Waals surface area contributed by atoms with Crippen molar-refractivity contribution in [3.05, 3.63) is 358 Å². The highest BCUT2D eigenvalue weighted by Gasteiger charge is 2.51. The second-order valence-electron chi connectivity index (χ2n) is 42.5. The minimum absolute atomic E-state index is 0.273. The predicted molar refractivity (Wildman–Crippen MR) is 541 cm³/mol. The van der Waals surface area contributed by atoms with E-state index in [-0.39, 0.29) is 33.6 Å². The van der Waals surface area contributed by atoms with Crippen LogP contribution in [0.3, 0.4) is 0 Å². The first-order chi connectivity index (χ1) is 65.6. The molecule has 6 unspecified atom stereocenters. The molecule has 19 rings (SSSR count). The molecule has 7 heterocycles. The van der Waals surface area contributed by atoms with Gasteiger partial charge >= 0.3 is 23.0 Å². The van der Waals surface area contributed by atoms with E-state index in [1.807, 2.05) is 146 Å². The van der Waals surface area contributed by atoms with Crippen LogP contribution in [-0.2, 0) is 60.9 Å². The Hall–Kier alpha value is -11.3. The SMILES string of the molecule is CC1(COc2ccc(C(C)(C)c3ccc(OP4(Oc5ccc(C(C)(C)c6ccc(OCC7(C)CO7)cc6)cc5)=NP(Oc5ccc(C(C)(C)c6ccc(OCC7(C)CO7)cc6)cc5)(Oc5ccc(C(C)(C)c6ccc(OCC7(C)CO7)cc6)cc5)=NP(Oc5ccc(C(C)(C)c6ccc(OCC7(C)CO7)cc6)cc5)(Oc5ccc(C(C)(C)c6ccc(OCC7(C)CO7)cc6)cc5)=N4)cc3)cc2)CO1. The van der Waals surface area contributed by atoms with E-state index in [1.165, 1.54) is 0 Å². The van der Waals surface area contributed by atoms with Gasteiger partial charge in [-0.15, -0.1) is 0 Å². The van der Waals surface area contributed by atoms with E-state index in [9.17, 15) is 0 Å². The third-order valence-electron chi connectivity index (χ3n) is 28.0. The topological polar surface area (TPSA) is 223 Å². The zero-order valence-corrected chi connectivity index (χ0v) is 84.9. The Balaban J connectivity index is 0.782. The van der Waals surface area contributed by atoms with Crippen molar-refractivity contribution in [1.82, 2.24) is 0 Å². The molecule has 21 nitrogen and oxygen atoms in total. The standard InChI is InChI=1S/C114H126N3O18P3/c1-103(2,79-19-43-91(44-20-79)118-67-109(13)73-124-109)85-31-55-97(56-32-85)130-136(131-98-57-33-86(34-58-98)104(3,4)80-21-45-92(46-22-80)119-68-110(14)74-125-110)115-137(132-99-59-35-87(36-60-99)105(5,6)81-23-47-93(48-24-81)120-69-111(15)75-126-111,133-100-61-37-88(38-62-100)106(7,8)82-25-49-94(50-26-82)121-70-112(16)76-127-112)117-138(116-136,134-101-63-39-89(40-64-101)107(9,10)83-27-51-95(52-28-83)122-71-113(17)77-128-113)135-102-65-41-90(42-66-102)108(11,12)84-29-53-96(54-30-84)123-72-114(18)78-129-114/h19-66H,67-78H2,1-18H3. The summed E-state index contributed by atoms with van der Waals surface area (Å²) in [7, 11) is -13.9. The van der Waals surface area contributed by atoms with Crippen molar-refractivity contribution in [1.29, 1.82) is 0 Å². The van der Waals surface area contributed by atoms with Crippen LogP contribution in [0.5, 0.6) is 69.0 Å². The average molecular weight is 1920 g/mol. The van der Waals surface area contributed by atoms with Crippen molar-refractivity contribution in [2.45, 2.75) is 191 Å². The van der Waals surface area contributed by atoms with Gasteiger partial charge in [-0.25, -0.2) is 0 Å². The van der Waals surface area contributed by atoms with Crippen LogP contribution in [0.25, 0.3) is 0 Å². The van der Waals surface area contributed by atoms with Gasteiger partial charge in [-0.3, -0.25) is 0 Å². The molecule has 0 spiro atoms. The number of hydrogen-bond acceptors (Lipinski definition) is 21. The monoisotopic (exact) mass is 1920 g/mol. The quantitative estimate of drug-likeness (QED) is 0.0256. The van der Waals surface area contributed by atoms with Crippen LogP contribution in [0.1, 0.15) is 191 Å². The lowest BCUT2D eigenvalue weighted by Crippen LogP contribution is -2.19. The van der Waals surface area contributed by atoms with Crippen molar-refractivity contribution in [2.24, 2.45) is 13.5 Å². The Morgan fingerprint density at radius 3 is 0.370 bits per heavy atom. The lowest BCUT2D eigenvalue weighted by Gasteiger charge is -2.34. The average Bonchev–Trinajstić information content (AvgIpc) is 1.06. The fourth-order valence-corrected chi connectivity index (χ4v) is 25.7. The molecule has 12 aromatic carbocycles. The fraction of sp³-hybridized carbons (Fsp3) is 0.368. The number of nitrogens with zero attached hydrogens (tertiary/aromatic N) is 3. The Morgan fingerprint density at radius 1 is 0.181 bits per heavy atom. The lowest BCUT2D eigenvalue weighted by molar-refractivity contribution is 0.202. The molecule has 0 aromatic heterocycles. The first-order valence-corrected chi connectivity index (χ1v) is 52.1. The van der Waals surface area contributed by atoms with Gasteiger partial charge in [0.05, 0.1) is 39.6 Å². The minimum Gasteiger partial charge on any atom is -0.491 e. The highest BCUT2D eigenvalue weighted by atomic mass is 31.3. The Kier molecular flexibility index (Phi) is 25.2. The zero-order chi connectivity index (χ0) is 96.6. The Morgan fingerprint density at radius 2 is 0.275 bits per heavy atom. The summed E-state index contributed by atoms with van der Waals surface area (Å²) >= 11 is 0. The van der Waals surface area contributed by atoms with E-state index >= 15 is 0 Å². The van der Waals surface area contributed by atoms with Gasteiger partial charge < -0.3 is 84.0 Å². The van der Waals surface area contributed by atoms with Gasteiger partial charge in [0, 0.05) is 32.5 Å². The largest absolute Gasteiger partial charge is 0.491 e. The molecule has 138 heavy (non-hydrogen) atoms. The molecule has 0 bridgehead atoms. The summed E-state index contributed by atoms with van der Waals surface area (Å²) in [5.74, 6) is 6.65. The van der Waals surface area contributed by atoms with Gasteiger partial charge in [0.2, 0.25) is 0 Å². The second kappa shape index (κ2) is 36.4.